The van der Waals surface area contributed by atoms with Gasteiger partial charge in [-0.1, -0.05) is 31.5 Å². The topological polar surface area (TPSA) is 105 Å². The van der Waals surface area contributed by atoms with Gasteiger partial charge in [0.2, 0.25) is 5.56 Å². The molecule has 2 N–H and O–H groups in total. The molecule has 132 valence electrons. The minimum Gasteiger partial charge on any atom is -0.322 e. The number of rotatable bonds is 5. The van der Waals surface area contributed by atoms with Crippen LogP contribution in [0.15, 0.2) is 53.3 Å². The molecule has 0 atom stereocenters. The van der Waals surface area contributed by atoms with Crippen molar-refractivity contribution in [2.24, 2.45) is 0 Å². The third-order valence-electron chi connectivity index (χ3n) is 4.05. The molecule has 0 fully saturated rings. The number of para-hydroxylation sites is 1. The number of nitro benzene ring substituents is 1. The fraction of sp³-hybridized carbons (Fsp3) is 0.158. The van der Waals surface area contributed by atoms with Crippen LogP contribution in [0.5, 0.6) is 0 Å². The molecule has 0 aliphatic heterocycles. The van der Waals surface area contributed by atoms with Gasteiger partial charge in [-0.25, -0.2) is 0 Å². The molecule has 0 spiro atoms. The first kappa shape index (κ1) is 17.3. The summed E-state index contributed by atoms with van der Waals surface area (Å²) in [7, 11) is 0. The molecule has 0 saturated heterocycles. The maximum Gasteiger partial charge on any atom is 0.282 e. The average molecular weight is 351 g/mol. The van der Waals surface area contributed by atoms with E-state index in [2.05, 4.69) is 10.3 Å². The van der Waals surface area contributed by atoms with Gasteiger partial charge in [0.05, 0.1) is 10.4 Å². The van der Waals surface area contributed by atoms with Gasteiger partial charge in [0, 0.05) is 23.2 Å². The number of anilines is 1. The Balaban J connectivity index is 1.96. The van der Waals surface area contributed by atoms with E-state index in [1.165, 1.54) is 18.2 Å². The minimum absolute atomic E-state index is 0.0224. The van der Waals surface area contributed by atoms with Gasteiger partial charge in [0.1, 0.15) is 5.56 Å². The summed E-state index contributed by atoms with van der Waals surface area (Å²) in [5.41, 5.74) is 1.52. The van der Waals surface area contributed by atoms with Crippen molar-refractivity contribution in [1.82, 2.24) is 4.98 Å². The summed E-state index contributed by atoms with van der Waals surface area (Å²) in [5.74, 6) is -0.580. The molecule has 3 rings (SSSR count). The van der Waals surface area contributed by atoms with Crippen molar-refractivity contribution in [1.29, 1.82) is 0 Å². The Morgan fingerprint density at radius 2 is 1.96 bits per heavy atom. The molecule has 1 heterocycles. The number of pyridine rings is 1. The lowest BCUT2D eigenvalue weighted by atomic mass is 10.0. The second kappa shape index (κ2) is 7.18. The molecule has 7 nitrogen and oxygen atoms in total. The van der Waals surface area contributed by atoms with Gasteiger partial charge in [0.15, 0.2) is 0 Å². The zero-order valence-electron chi connectivity index (χ0n) is 14.1. The number of H-pyrrole nitrogens is 1. The quantitative estimate of drug-likeness (QED) is 0.541. The van der Waals surface area contributed by atoms with E-state index in [1.54, 1.807) is 24.3 Å². The summed E-state index contributed by atoms with van der Waals surface area (Å²) >= 11 is 0. The average Bonchev–Trinajstić information content (AvgIpc) is 2.61. The Kier molecular flexibility index (Phi) is 4.79. The number of benzene rings is 2. The van der Waals surface area contributed by atoms with Crippen LogP contribution >= 0.6 is 0 Å². The largest absolute Gasteiger partial charge is 0.322 e. The molecule has 0 saturated carbocycles. The first-order valence-corrected chi connectivity index (χ1v) is 8.20. The van der Waals surface area contributed by atoms with Crippen LogP contribution in [0.1, 0.15) is 29.3 Å². The van der Waals surface area contributed by atoms with Crippen molar-refractivity contribution >= 4 is 28.2 Å². The van der Waals surface area contributed by atoms with Crippen LogP contribution in [0.2, 0.25) is 0 Å². The van der Waals surface area contributed by atoms with E-state index < -0.39 is 10.8 Å². The summed E-state index contributed by atoms with van der Waals surface area (Å²) in [6.45, 7) is 2.04. The summed E-state index contributed by atoms with van der Waals surface area (Å²) in [6, 6.07) is 12.5. The maximum atomic E-state index is 12.4. The number of aromatic nitrogens is 1. The minimum atomic E-state index is -0.593. The molecule has 0 aliphatic rings. The number of aromatic amines is 1. The number of carbonyl (C=O) groups is 1. The molecule has 0 bridgehead atoms. The number of nitro groups is 1. The monoisotopic (exact) mass is 351 g/mol. The fourth-order valence-electron chi connectivity index (χ4n) is 2.91. The molecular weight excluding hydrogens is 334 g/mol. The van der Waals surface area contributed by atoms with Crippen molar-refractivity contribution in [3.05, 3.63) is 80.1 Å². The second-order valence-corrected chi connectivity index (χ2v) is 5.90. The van der Waals surface area contributed by atoms with Crippen LogP contribution in [0.4, 0.5) is 11.4 Å². The molecule has 2 aromatic carbocycles. The van der Waals surface area contributed by atoms with Gasteiger partial charge in [-0.05, 0) is 30.2 Å². The molecule has 0 aliphatic carbocycles. The highest BCUT2D eigenvalue weighted by atomic mass is 16.6. The molecule has 0 unspecified atom stereocenters. The molecule has 7 heteroatoms. The van der Waals surface area contributed by atoms with Crippen LogP contribution in [-0.4, -0.2) is 15.8 Å². The Morgan fingerprint density at radius 1 is 1.19 bits per heavy atom. The van der Waals surface area contributed by atoms with E-state index in [4.69, 9.17) is 0 Å². The molecular formula is C19H17N3O4. The highest BCUT2D eigenvalue weighted by molar-refractivity contribution is 6.07. The zero-order chi connectivity index (χ0) is 18.7. The number of fused-ring (bicyclic) bond motifs is 1. The smallest absolute Gasteiger partial charge is 0.282 e. The Labute approximate surface area is 148 Å². The lowest BCUT2D eigenvalue weighted by Gasteiger charge is -2.09. The Bertz CT molecular complexity index is 1060. The summed E-state index contributed by atoms with van der Waals surface area (Å²) in [5, 5.41) is 14.6. The van der Waals surface area contributed by atoms with Crippen molar-refractivity contribution in [3.63, 3.8) is 0 Å². The number of carbonyl (C=O) groups excluding carboxylic acids is 1. The van der Waals surface area contributed by atoms with Gasteiger partial charge >= 0.3 is 0 Å². The van der Waals surface area contributed by atoms with Crippen molar-refractivity contribution in [2.75, 3.05) is 5.32 Å². The molecule has 1 aromatic heterocycles. The molecule has 0 radical (unpaired) electrons. The third-order valence-corrected chi connectivity index (χ3v) is 4.05. The highest BCUT2D eigenvalue weighted by Crippen LogP contribution is 2.23. The van der Waals surface area contributed by atoms with E-state index >= 15 is 0 Å². The van der Waals surface area contributed by atoms with Crippen LogP contribution in [0.3, 0.4) is 0 Å². The first-order chi connectivity index (χ1) is 12.5. The first-order valence-electron chi connectivity index (χ1n) is 8.20. The van der Waals surface area contributed by atoms with E-state index in [0.717, 1.165) is 23.8 Å². The predicted octanol–water partition coefficient (Wildman–Crippen LogP) is 3.64. The SMILES string of the molecule is CCCc1cc(=O)[nH]c2cc(NC(=O)c3ccccc3[N+](=O)[O-])ccc12. The van der Waals surface area contributed by atoms with Crippen LogP contribution in [0, 0.1) is 10.1 Å². The van der Waals surface area contributed by atoms with Gasteiger partial charge in [-0.2, -0.15) is 0 Å². The number of hydrogen-bond donors (Lipinski definition) is 2. The van der Waals surface area contributed by atoms with Crippen molar-refractivity contribution < 1.29 is 9.72 Å². The standard InChI is InChI=1S/C19H17N3O4/c1-2-5-12-10-18(23)21-16-11-13(8-9-14(12)16)20-19(24)15-6-3-4-7-17(15)22(25)26/h3-4,6-11H,2,5H2,1H3,(H,20,24)(H,21,23). The highest BCUT2D eigenvalue weighted by Gasteiger charge is 2.19. The van der Waals surface area contributed by atoms with Crippen molar-refractivity contribution in [2.45, 2.75) is 19.8 Å². The Morgan fingerprint density at radius 3 is 2.69 bits per heavy atom. The van der Waals surface area contributed by atoms with E-state index in [0.29, 0.717) is 11.2 Å². The number of nitrogens with one attached hydrogen (secondary N) is 2. The van der Waals surface area contributed by atoms with Crippen LogP contribution in [0.25, 0.3) is 10.9 Å². The number of amides is 1. The van der Waals surface area contributed by atoms with Gasteiger partial charge in [-0.3, -0.25) is 19.7 Å². The normalized spacial score (nSPS) is 10.7. The predicted molar refractivity (Wildman–Crippen MR) is 99.6 cm³/mol. The summed E-state index contributed by atoms with van der Waals surface area (Å²) in [6.07, 6.45) is 1.69. The summed E-state index contributed by atoms with van der Waals surface area (Å²) < 4.78 is 0. The third kappa shape index (κ3) is 3.46. The van der Waals surface area contributed by atoms with Gasteiger partial charge in [-0.15, -0.1) is 0 Å². The lowest BCUT2D eigenvalue weighted by molar-refractivity contribution is -0.385. The second-order valence-electron chi connectivity index (χ2n) is 5.90. The fourth-order valence-corrected chi connectivity index (χ4v) is 2.91. The van der Waals surface area contributed by atoms with Crippen LogP contribution < -0.4 is 10.9 Å². The molecule has 3 aromatic rings. The summed E-state index contributed by atoms with van der Waals surface area (Å²) in [4.78, 5) is 37.5. The molecule has 1 amide bonds. The number of hydrogen-bond acceptors (Lipinski definition) is 4. The zero-order valence-corrected chi connectivity index (χ0v) is 14.1. The lowest BCUT2D eigenvalue weighted by Crippen LogP contribution is -2.14. The van der Waals surface area contributed by atoms with Gasteiger partial charge in [0.25, 0.3) is 11.6 Å². The number of nitrogens with zero attached hydrogens (tertiary/aromatic N) is 1. The molecule has 26 heavy (non-hydrogen) atoms. The van der Waals surface area contributed by atoms with E-state index in [1.807, 2.05) is 13.0 Å². The van der Waals surface area contributed by atoms with E-state index in [9.17, 15) is 19.7 Å². The number of aryl methyl sites for hydroxylation is 1. The van der Waals surface area contributed by atoms with Crippen LogP contribution in [-0.2, 0) is 6.42 Å². The Hall–Kier alpha value is -3.48. The van der Waals surface area contributed by atoms with Crippen molar-refractivity contribution in [3.8, 4) is 0 Å². The maximum absolute atomic E-state index is 12.4. The van der Waals surface area contributed by atoms with Gasteiger partial charge < -0.3 is 10.3 Å². The van der Waals surface area contributed by atoms with E-state index in [-0.39, 0.29) is 16.8 Å².